The molecular weight excluding hydrogens is 260 g/mol. The van der Waals surface area contributed by atoms with Crippen LogP contribution in [0.4, 0.5) is 4.79 Å². The lowest BCUT2D eigenvalue weighted by molar-refractivity contribution is 0.155. The molecule has 0 aromatic carbocycles. The number of carbonyl (C=O) groups excluding carboxylic acids is 1. The number of rotatable bonds is 8. The third-order valence-electron chi connectivity index (χ3n) is 3.04. The topological polar surface area (TPSA) is 83.7 Å². The van der Waals surface area contributed by atoms with E-state index >= 15 is 0 Å². The van der Waals surface area contributed by atoms with Crippen LogP contribution in [0.3, 0.4) is 0 Å². The summed E-state index contributed by atoms with van der Waals surface area (Å²) in [7, 11) is 1.57. The van der Waals surface area contributed by atoms with Crippen LogP contribution in [0, 0.1) is 5.41 Å². The molecule has 20 heavy (non-hydrogen) atoms. The fourth-order valence-electron chi connectivity index (χ4n) is 1.77. The predicted molar refractivity (Wildman–Crippen MR) is 75.3 cm³/mol. The van der Waals surface area contributed by atoms with E-state index in [0.717, 1.165) is 0 Å². The van der Waals surface area contributed by atoms with Gasteiger partial charge in [0.2, 0.25) is 0 Å². The molecule has 1 rings (SSSR count). The molecule has 0 radical (unpaired) electrons. The van der Waals surface area contributed by atoms with Crippen LogP contribution in [-0.4, -0.2) is 38.0 Å². The first-order valence-corrected chi connectivity index (χ1v) is 6.66. The van der Waals surface area contributed by atoms with E-state index in [0.29, 0.717) is 25.3 Å². The van der Waals surface area contributed by atoms with Gasteiger partial charge in [-0.2, -0.15) is 0 Å². The van der Waals surface area contributed by atoms with Crippen molar-refractivity contribution in [3.8, 4) is 0 Å². The first-order chi connectivity index (χ1) is 9.48. The molecular formula is C14H24N2O4. The second-order valence-corrected chi connectivity index (χ2v) is 5.49. The molecule has 1 unspecified atom stereocenters. The Morgan fingerprint density at radius 1 is 1.55 bits per heavy atom. The van der Waals surface area contributed by atoms with Gasteiger partial charge >= 0.3 is 6.03 Å². The summed E-state index contributed by atoms with van der Waals surface area (Å²) >= 11 is 0. The lowest BCUT2D eigenvalue weighted by atomic mass is 9.90. The molecule has 6 heteroatoms. The highest BCUT2D eigenvalue weighted by Crippen LogP contribution is 2.18. The molecule has 0 aliphatic carbocycles. The standard InChI is InChI=1S/C14H24N2O4/c1-14(2,6-7-17)10-15-13(18)16-11(9-19-3)12-5-4-8-20-12/h4-5,8,11,17H,6-7,9-10H2,1-3H3,(H2,15,16,18). The Kier molecular flexibility index (Phi) is 6.54. The Bertz CT molecular complexity index is 390. The van der Waals surface area contributed by atoms with Gasteiger partial charge in [-0.1, -0.05) is 13.8 Å². The minimum Gasteiger partial charge on any atom is -0.467 e. The Hall–Kier alpha value is -1.53. The predicted octanol–water partition coefficient (Wildman–Crippen LogP) is 1.67. The number of hydrogen-bond acceptors (Lipinski definition) is 4. The number of amides is 2. The van der Waals surface area contributed by atoms with Crippen LogP contribution in [0.1, 0.15) is 32.1 Å². The Morgan fingerprint density at radius 3 is 2.85 bits per heavy atom. The minimum atomic E-state index is -0.323. The third-order valence-corrected chi connectivity index (χ3v) is 3.04. The van der Waals surface area contributed by atoms with Crippen molar-refractivity contribution in [3.63, 3.8) is 0 Å². The molecule has 0 fully saturated rings. The van der Waals surface area contributed by atoms with Crippen molar-refractivity contribution in [1.82, 2.24) is 10.6 Å². The van der Waals surface area contributed by atoms with Crippen molar-refractivity contribution in [1.29, 1.82) is 0 Å². The monoisotopic (exact) mass is 284 g/mol. The van der Waals surface area contributed by atoms with Crippen LogP contribution < -0.4 is 10.6 Å². The molecule has 3 N–H and O–H groups in total. The average molecular weight is 284 g/mol. The summed E-state index contributed by atoms with van der Waals surface area (Å²) in [5.74, 6) is 0.650. The van der Waals surface area contributed by atoms with Crippen LogP contribution in [0.5, 0.6) is 0 Å². The van der Waals surface area contributed by atoms with E-state index < -0.39 is 0 Å². The SMILES string of the molecule is COCC(NC(=O)NCC(C)(C)CCO)c1ccco1. The van der Waals surface area contributed by atoms with E-state index in [-0.39, 0.29) is 24.1 Å². The van der Waals surface area contributed by atoms with Crippen molar-refractivity contribution in [2.75, 3.05) is 26.9 Å². The number of urea groups is 1. The van der Waals surface area contributed by atoms with Crippen LogP contribution in [0.15, 0.2) is 22.8 Å². The number of furan rings is 1. The lowest BCUT2D eigenvalue weighted by Gasteiger charge is -2.24. The van der Waals surface area contributed by atoms with Gasteiger partial charge < -0.3 is 24.9 Å². The molecule has 6 nitrogen and oxygen atoms in total. The molecule has 0 spiro atoms. The van der Waals surface area contributed by atoms with E-state index in [9.17, 15) is 4.79 Å². The van der Waals surface area contributed by atoms with E-state index in [4.69, 9.17) is 14.3 Å². The number of hydrogen-bond donors (Lipinski definition) is 3. The van der Waals surface area contributed by atoms with Gasteiger partial charge in [0.1, 0.15) is 11.8 Å². The molecule has 1 atom stereocenters. The van der Waals surface area contributed by atoms with E-state index in [1.54, 1.807) is 25.5 Å². The van der Waals surface area contributed by atoms with E-state index in [1.807, 2.05) is 13.8 Å². The Morgan fingerprint density at radius 2 is 2.30 bits per heavy atom. The van der Waals surface area contributed by atoms with Gasteiger partial charge in [-0.3, -0.25) is 0 Å². The zero-order valence-electron chi connectivity index (χ0n) is 12.3. The normalized spacial score (nSPS) is 13.0. The van der Waals surface area contributed by atoms with Gasteiger partial charge in [0, 0.05) is 20.3 Å². The number of ether oxygens (including phenoxy) is 1. The van der Waals surface area contributed by atoms with Crippen molar-refractivity contribution in [2.24, 2.45) is 5.41 Å². The second-order valence-electron chi connectivity index (χ2n) is 5.49. The first kappa shape index (κ1) is 16.5. The highest BCUT2D eigenvalue weighted by molar-refractivity contribution is 5.74. The molecule has 0 saturated carbocycles. The van der Waals surface area contributed by atoms with E-state index in [1.165, 1.54) is 0 Å². The largest absolute Gasteiger partial charge is 0.467 e. The summed E-state index contributed by atoms with van der Waals surface area (Å²) in [5.41, 5.74) is -0.145. The lowest BCUT2D eigenvalue weighted by Crippen LogP contribution is -2.43. The molecule has 114 valence electrons. The second kappa shape index (κ2) is 7.91. The molecule has 0 bridgehead atoms. The Balaban J connectivity index is 2.47. The molecule has 0 aliphatic heterocycles. The van der Waals surface area contributed by atoms with Crippen LogP contribution >= 0.6 is 0 Å². The van der Waals surface area contributed by atoms with Gasteiger partial charge in [-0.15, -0.1) is 0 Å². The molecule has 0 saturated heterocycles. The number of carbonyl (C=O) groups is 1. The van der Waals surface area contributed by atoms with Crippen LogP contribution in [0.25, 0.3) is 0 Å². The maximum absolute atomic E-state index is 11.9. The molecule has 0 aliphatic rings. The Labute approximate surface area is 119 Å². The van der Waals surface area contributed by atoms with Crippen LogP contribution in [-0.2, 0) is 4.74 Å². The van der Waals surface area contributed by atoms with Gasteiger partial charge in [-0.25, -0.2) is 4.79 Å². The van der Waals surface area contributed by atoms with Crippen molar-refractivity contribution < 1.29 is 19.1 Å². The average Bonchev–Trinajstić information content (AvgIpc) is 2.90. The maximum atomic E-state index is 11.9. The molecule has 1 aromatic heterocycles. The summed E-state index contributed by atoms with van der Waals surface area (Å²) < 4.78 is 10.4. The van der Waals surface area contributed by atoms with Crippen molar-refractivity contribution >= 4 is 6.03 Å². The highest BCUT2D eigenvalue weighted by atomic mass is 16.5. The summed E-state index contributed by atoms with van der Waals surface area (Å²) in [6.45, 7) is 4.90. The summed E-state index contributed by atoms with van der Waals surface area (Å²) in [4.78, 5) is 11.9. The number of aliphatic hydroxyl groups is 1. The maximum Gasteiger partial charge on any atom is 0.315 e. The zero-order valence-corrected chi connectivity index (χ0v) is 12.3. The fraction of sp³-hybridized carbons (Fsp3) is 0.643. The quantitative estimate of drug-likeness (QED) is 0.678. The third kappa shape index (κ3) is 5.63. The summed E-state index contributed by atoms with van der Waals surface area (Å²) in [6.07, 6.45) is 2.19. The molecule has 1 aromatic rings. The van der Waals surface area contributed by atoms with Gasteiger partial charge in [-0.05, 0) is 24.0 Å². The van der Waals surface area contributed by atoms with Crippen LogP contribution in [0.2, 0.25) is 0 Å². The van der Waals surface area contributed by atoms with Crippen molar-refractivity contribution in [3.05, 3.63) is 24.2 Å². The molecule has 1 heterocycles. The van der Waals surface area contributed by atoms with Crippen molar-refractivity contribution in [2.45, 2.75) is 26.3 Å². The smallest absolute Gasteiger partial charge is 0.315 e. The number of methoxy groups -OCH3 is 1. The summed E-state index contributed by atoms with van der Waals surface area (Å²) in [6, 6.07) is 2.95. The fourth-order valence-corrected chi connectivity index (χ4v) is 1.77. The minimum absolute atomic E-state index is 0.106. The number of nitrogens with one attached hydrogen (secondary N) is 2. The first-order valence-electron chi connectivity index (χ1n) is 6.66. The van der Waals surface area contributed by atoms with Gasteiger partial charge in [0.25, 0.3) is 0 Å². The van der Waals surface area contributed by atoms with Gasteiger partial charge in [0.15, 0.2) is 0 Å². The van der Waals surface area contributed by atoms with Gasteiger partial charge in [0.05, 0.1) is 12.9 Å². The molecule has 2 amide bonds. The van der Waals surface area contributed by atoms with E-state index in [2.05, 4.69) is 10.6 Å². The number of aliphatic hydroxyl groups excluding tert-OH is 1. The zero-order chi connectivity index (χ0) is 15.0. The summed E-state index contributed by atoms with van der Waals surface area (Å²) in [5, 5.41) is 14.6. The highest BCUT2D eigenvalue weighted by Gasteiger charge is 2.20.